The molecule has 0 radical (unpaired) electrons. The molecule has 1 aromatic rings. The summed E-state index contributed by atoms with van der Waals surface area (Å²) >= 11 is 0. The summed E-state index contributed by atoms with van der Waals surface area (Å²) in [5.74, 6) is 0.621. The molecule has 3 nitrogen and oxygen atoms in total. The molecule has 1 aromatic carbocycles. The Morgan fingerprint density at radius 2 is 1.65 bits per heavy atom. The van der Waals surface area contributed by atoms with Crippen LogP contribution in [0.4, 0.5) is 0 Å². The first-order chi connectivity index (χ1) is 6.97. The first-order valence-electron chi connectivity index (χ1n) is 5.22. The summed E-state index contributed by atoms with van der Waals surface area (Å²) in [5.41, 5.74) is 2.15. The molecule has 0 heterocycles. The van der Waals surface area contributed by atoms with Crippen molar-refractivity contribution >= 4 is 6.29 Å². The molecule has 0 aliphatic carbocycles. The van der Waals surface area contributed by atoms with E-state index in [0.29, 0.717) is 5.92 Å². The Labute approximate surface area is 113 Å². The normalized spacial score (nSPS) is 9.76. The van der Waals surface area contributed by atoms with Gasteiger partial charge in [-0.1, -0.05) is 39.3 Å². The monoisotopic (exact) mass is 275 g/mol. The van der Waals surface area contributed by atoms with Crippen molar-refractivity contribution in [2.75, 3.05) is 0 Å². The van der Waals surface area contributed by atoms with Crippen LogP contribution in [0.5, 0.6) is 5.75 Å². The minimum atomic E-state index is 0. The fourth-order valence-electron chi connectivity index (χ4n) is 1.53. The molecule has 0 saturated carbocycles. The molecule has 17 heavy (non-hydrogen) atoms. The molecule has 4 heteroatoms. The van der Waals surface area contributed by atoms with E-state index in [2.05, 4.69) is 13.8 Å². The van der Waals surface area contributed by atoms with Crippen molar-refractivity contribution in [3.05, 3.63) is 28.8 Å². The van der Waals surface area contributed by atoms with Gasteiger partial charge in [0.15, 0.2) is 0 Å². The zero-order valence-electron chi connectivity index (χ0n) is 10.6. The number of hydrogen-bond donors (Lipinski definition) is 1. The third-order valence-corrected chi connectivity index (χ3v) is 2.56. The second-order valence-electron chi connectivity index (χ2n) is 4.42. The molecule has 0 bridgehead atoms. The van der Waals surface area contributed by atoms with Crippen LogP contribution in [0.25, 0.3) is 0 Å². The second kappa shape index (κ2) is 7.50. The van der Waals surface area contributed by atoms with E-state index in [4.69, 9.17) is 0 Å². The standard InChI is InChI=1S/C13H17O2.Cr.H2O/c1-8(2)10-5-11(7-14)13(15)12(6-10)9(3)4;;/h5-6,8-9,15H,1-4H3;;1H2/q-1;;. The fraction of sp³-hybridized carbons (Fsp3) is 0.462. The van der Waals surface area contributed by atoms with E-state index < -0.39 is 0 Å². The van der Waals surface area contributed by atoms with Gasteiger partial charge in [-0.3, -0.25) is 0 Å². The summed E-state index contributed by atoms with van der Waals surface area (Å²) in [6.45, 7) is 8.11. The Morgan fingerprint density at radius 3 is 2.00 bits per heavy atom. The van der Waals surface area contributed by atoms with Crippen LogP contribution < -0.4 is 0 Å². The number of rotatable bonds is 3. The Bertz CT molecular complexity index is 373. The predicted octanol–water partition coefficient (Wildman–Crippen LogP) is 2.27. The summed E-state index contributed by atoms with van der Waals surface area (Å²) in [6.07, 6.45) is 1.79. The Hall–Kier alpha value is -0.818. The first-order valence-corrected chi connectivity index (χ1v) is 5.22. The smallest absolute Gasteiger partial charge is 0.0662 e. The average Bonchev–Trinajstić information content (AvgIpc) is 2.17. The van der Waals surface area contributed by atoms with Crippen LogP contribution in [0, 0.1) is 0 Å². The van der Waals surface area contributed by atoms with Crippen molar-refractivity contribution in [2.24, 2.45) is 0 Å². The zero-order chi connectivity index (χ0) is 11.6. The number of phenolic OH excluding ortho intramolecular Hbond substituents is 1. The number of phenols is 1. The van der Waals surface area contributed by atoms with Crippen LogP contribution in [0.15, 0.2) is 12.1 Å². The summed E-state index contributed by atoms with van der Waals surface area (Å²) in [6, 6.07) is 3.67. The Kier molecular flexibility index (Phi) is 8.18. The van der Waals surface area contributed by atoms with Crippen LogP contribution in [-0.2, 0) is 22.2 Å². The second-order valence-corrected chi connectivity index (χ2v) is 4.42. The van der Waals surface area contributed by atoms with Crippen LogP contribution in [0.3, 0.4) is 0 Å². The summed E-state index contributed by atoms with van der Waals surface area (Å²) < 4.78 is 0. The van der Waals surface area contributed by atoms with Gasteiger partial charge in [0.1, 0.15) is 0 Å². The molecule has 0 saturated heterocycles. The van der Waals surface area contributed by atoms with E-state index in [-0.39, 0.29) is 40.1 Å². The molecule has 0 atom stereocenters. The molecular formula is C13H19CrO3-. The van der Waals surface area contributed by atoms with E-state index in [1.54, 1.807) is 12.4 Å². The number of carbonyl (C=O) groups excluding carboxylic acids is 1. The van der Waals surface area contributed by atoms with Gasteiger partial charge in [0.25, 0.3) is 0 Å². The molecule has 1 rings (SSSR count). The molecule has 0 unspecified atom stereocenters. The quantitative estimate of drug-likeness (QED) is 0.860. The van der Waals surface area contributed by atoms with Crippen molar-refractivity contribution in [1.82, 2.24) is 0 Å². The minimum absolute atomic E-state index is 0. The topological polar surface area (TPSA) is 68.8 Å². The maximum absolute atomic E-state index is 10.7. The van der Waals surface area contributed by atoms with Crippen LogP contribution in [0.2, 0.25) is 0 Å². The van der Waals surface area contributed by atoms with Crippen LogP contribution >= 0.6 is 0 Å². The van der Waals surface area contributed by atoms with Crippen molar-refractivity contribution < 1.29 is 32.7 Å². The molecule has 0 aliphatic rings. The molecule has 0 fully saturated rings. The molecule has 96 valence electrons. The first kappa shape index (κ1) is 18.5. The molecule has 0 aromatic heterocycles. The summed E-state index contributed by atoms with van der Waals surface area (Å²) in [7, 11) is 0. The molecular weight excluding hydrogens is 256 g/mol. The summed E-state index contributed by atoms with van der Waals surface area (Å²) in [5, 5.41) is 9.80. The van der Waals surface area contributed by atoms with Gasteiger partial charge in [-0.05, 0) is 11.8 Å². The van der Waals surface area contributed by atoms with Crippen LogP contribution in [0.1, 0.15) is 56.2 Å². The van der Waals surface area contributed by atoms with E-state index in [1.807, 2.05) is 19.9 Å². The van der Waals surface area contributed by atoms with E-state index in [0.717, 1.165) is 11.1 Å². The van der Waals surface area contributed by atoms with Crippen LogP contribution in [-0.4, -0.2) is 16.9 Å². The van der Waals surface area contributed by atoms with Crippen molar-refractivity contribution in [3.63, 3.8) is 0 Å². The largest absolute Gasteiger partial charge is 0.565 e. The van der Waals surface area contributed by atoms with Gasteiger partial charge < -0.3 is 15.4 Å². The zero-order valence-corrected chi connectivity index (χ0v) is 11.8. The van der Waals surface area contributed by atoms with Gasteiger partial charge in [0.2, 0.25) is 0 Å². The SMILES string of the molecule is CC(C)c1cc([C-]=O)c(O)c(C(C)C)c1.O.[Cr]. The average molecular weight is 275 g/mol. The van der Waals surface area contributed by atoms with Crippen molar-refractivity contribution in [2.45, 2.75) is 39.5 Å². The maximum atomic E-state index is 10.7. The molecule has 3 N–H and O–H groups in total. The Morgan fingerprint density at radius 1 is 1.12 bits per heavy atom. The van der Waals surface area contributed by atoms with Crippen molar-refractivity contribution in [3.8, 4) is 5.75 Å². The van der Waals surface area contributed by atoms with Gasteiger partial charge in [-0.15, -0.1) is 11.1 Å². The van der Waals surface area contributed by atoms with E-state index >= 15 is 0 Å². The number of benzene rings is 1. The van der Waals surface area contributed by atoms with Gasteiger partial charge >= 0.3 is 0 Å². The number of aromatic hydroxyl groups is 1. The number of hydrogen-bond acceptors (Lipinski definition) is 2. The minimum Gasteiger partial charge on any atom is -0.565 e. The van der Waals surface area contributed by atoms with Gasteiger partial charge in [0.05, 0.1) is 6.29 Å². The molecule has 0 spiro atoms. The predicted molar refractivity (Wildman–Crippen MR) is 64.7 cm³/mol. The van der Waals surface area contributed by atoms with Gasteiger partial charge in [-0.2, -0.15) is 6.07 Å². The summed E-state index contributed by atoms with van der Waals surface area (Å²) in [4.78, 5) is 10.7. The maximum Gasteiger partial charge on any atom is 0.0662 e. The molecule has 0 amide bonds. The fourth-order valence-corrected chi connectivity index (χ4v) is 1.53. The van der Waals surface area contributed by atoms with Crippen molar-refractivity contribution in [1.29, 1.82) is 0 Å². The van der Waals surface area contributed by atoms with Gasteiger partial charge in [0, 0.05) is 23.1 Å². The van der Waals surface area contributed by atoms with E-state index in [1.165, 1.54) is 0 Å². The van der Waals surface area contributed by atoms with E-state index in [9.17, 15) is 9.90 Å². The molecule has 0 aliphatic heterocycles. The third kappa shape index (κ3) is 4.16. The third-order valence-electron chi connectivity index (χ3n) is 2.56. The Balaban J connectivity index is 0. The van der Waals surface area contributed by atoms with Gasteiger partial charge in [-0.25, -0.2) is 0 Å².